The van der Waals surface area contributed by atoms with E-state index in [0.717, 1.165) is 26.9 Å². The zero-order valence-corrected chi connectivity index (χ0v) is 16.3. The van der Waals surface area contributed by atoms with Crippen LogP contribution in [0.3, 0.4) is 0 Å². The van der Waals surface area contributed by atoms with Gasteiger partial charge in [-0.1, -0.05) is 42.5 Å². The summed E-state index contributed by atoms with van der Waals surface area (Å²) < 4.78 is 6.58. The van der Waals surface area contributed by atoms with Crippen LogP contribution in [-0.4, -0.2) is 5.91 Å². The molecule has 132 valence electrons. The van der Waals surface area contributed by atoms with Crippen LogP contribution in [0.1, 0.15) is 27.0 Å². The molecule has 3 nitrogen and oxygen atoms in total. The number of aryl methyl sites for hydroxylation is 2. The molecule has 0 spiro atoms. The second-order valence-corrected chi connectivity index (χ2v) is 7.05. The summed E-state index contributed by atoms with van der Waals surface area (Å²) in [5.74, 6) is 0.561. The van der Waals surface area contributed by atoms with E-state index in [1.165, 1.54) is 0 Å². The van der Waals surface area contributed by atoms with Gasteiger partial charge in [0, 0.05) is 11.3 Å². The van der Waals surface area contributed by atoms with Crippen molar-refractivity contribution >= 4 is 27.5 Å². The lowest BCUT2D eigenvalue weighted by Gasteiger charge is -2.12. The Hall–Kier alpha value is -2.59. The first-order valence-corrected chi connectivity index (χ1v) is 9.17. The average molecular weight is 410 g/mol. The molecule has 1 amide bonds. The van der Waals surface area contributed by atoms with Gasteiger partial charge < -0.3 is 10.1 Å². The Balaban J connectivity index is 1.70. The van der Waals surface area contributed by atoms with Crippen LogP contribution in [0.5, 0.6) is 5.75 Å². The summed E-state index contributed by atoms with van der Waals surface area (Å²) >= 11 is 3.50. The monoisotopic (exact) mass is 409 g/mol. The van der Waals surface area contributed by atoms with Crippen molar-refractivity contribution in [2.45, 2.75) is 20.5 Å². The van der Waals surface area contributed by atoms with Gasteiger partial charge in [-0.05, 0) is 70.7 Å². The van der Waals surface area contributed by atoms with Crippen LogP contribution in [0.2, 0.25) is 0 Å². The van der Waals surface area contributed by atoms with E-state index >= 15 is 0 Å². The maximum absolute atomic E-state index is 12.5. The number of nitrogens with one attached hydrogen (secondary N) is 1. The zero-order valence-electron chi connectivity index (χ0n) is 14.8. The van der Waals surface area contributed by atoms with Gasteiger partial charge in [0.05, 0.1) is 4.47 Å². The van der Waals surface area contributed by atoms with Gasteiger partial charge in [0.2, 0.25) is 0 Å². The fourth-order valence-corrected chi connectivity index (χ4v) is 3.05. The average Bonchev–Trinajstić information content (AvgIpc) is 2.64. The van der Waals surface area contributed by atoms with Crippen molar-refractivity contribution in [1.29, 1.82) is 0 Å². The van der Waals surface area contributed by atoms with Crippen LogP contribution in [0.15, 0.2) is 71.2 Å². The molecule has 0 radical (unpaired) electrons. The summed E-state index contributed by atoms with van der Waals surface area (Å²) in [6.45, 7) is 4.46. The third-order valence-corrected chi connectivity index (χ3v) is 4.69. The number of amides is 1. The molecule has 0 unspecified atom stereocenters. The number of carbonyl (C=O) groups excluding carboxylic acids is 1. The molecule has 0 aromatic heterocycles. The lowest BCUT2D eigenvalue weighted by atomic mass is 10.1. The Morgan fingerprint density at radius 2 is 1.77 bits per heavy atom. The number of hydrogen-bond donors (Lipinski definition) is 1. The predicted molar refractivity (Wildman–Crippen MR) is 109 cm³/mol. The molecule has 0 heterocycles. The molecule has 0 saturated heterocycles. The van der Waals surface area contributed by atoms with Crippen LogP contribution in [0, 0.1) is 13.8 Å². The first kappa shape index (κ1) is 18.2. The fourth-order valence-electron chi connectivity index (χ4n) is 2.56. The topological polar surface area (TPSA) is 38.3 Å². The molecule has 26 heavy (non-hydrogen) atoms. The molecular formula is C22H20BrNO2. The Bertz CT molecular complexity index is 923. The van der Waals surface area contributed by atoms with Crippen molar-refractivity contribution < 1.29 is 9.53 Å². The Labute approximate surface area is 162 Å². The summed E-state index contributed by atoms with van der Waals surface area (Å²) in [4.78, 5) is 12.5. The number of anilines is 1. The highest BCUT2D eigenvalue weighted by Crippen LogP contribution is 2.27. The number of benzene rings is 3. The minimum atomic E-state index is -0.144. The number of rotatable bonds is 5. The summed E-state index contributed by atoms with van der Waals surface area (Å²) in [5, 5.41) is 2.97. The largest absolute Gasteiger partial charge is 0.488 e. The number of hydrogen-bond acceptors (Lipinski definition) is 2. The van der Waals surface area contributed by atoms with Crippen molar-refractivity contribution in [3.8, 4) is 5.75 Å². The summed E-state index contributed by atoms with van der Waals surface area (Å²) in [5.41, 5.74) is 4.64. The first-order chi connectivity index (χ1) is 12.5. The molecule has 3 rings (SSSR count). The number of ether oxygens (including phenoxy) is 1. The van der Waals surface area contributed by atoms with E-state index < -0.39 is 0 Å². The summed E-state index contributed by atoms with van der Waals surface area (Å²) in [7, 11) is 0. The lowest BCUT2D eigenvalue weighted by Crippen LogP contribution is -2.13. The zero-order chi connectivity index (χ0) is 18.5. The van der Waals surface area contributed by atoms with Crippen molar-refractivity contribution in [2.75, 3.05) is 5.32 Å². The lowest BCUT2D eigenvalue weighted by molar-refractivity contribution is 0.102. The molecule has 3 aromatic carbocycles. The van der Waals surface area contributed by atoms with Crippen LogP contribution < -0.4 is 10.1 Å². The van der Waals surface area contributed by atoms with E-state index in [1.54, 1.807) is 12.1 Å². The van der Waals surface area contributed by atoms with E-state index in [2.05, 4.69) is 21.2 Å². The van der Waals surface area contributed by atoms with Gasteiger partial charge in [-0.3, -0.25) is 4.79 Å². The molecule has 1 N–H and O–H groups in total. The highest BCUT2D eigenvalue weighted by atomic mass is 79.9. The third kappa shape index (κ3) is 4.52. The van der Waals surface area contributed by atoms with Crippen molar-refractivity contribution in [1.82, 2.24) is 0 Å². The first-order valence-electron chi connectivity index (χ1n) is 8.38. The molecule has 0 atom stereocenters. The molecule has 0 fully saturated rings. The fraction of sp³-hybridized carbons (Fsp3) is 0.136. The standard InChI is InChI=1S/C22H20BrNO2/c1-15-8-9-16(2)20(12-15)24-22(25)18-10-11-21(19(23)13-18)26-14-17-6-4-3-5-7-17/h3-13H,14H2,1-2H3,(H,24,25). The number of halogens is 1. The van der Waals surface area contributed by atoms with E-state index in [0.29, 0.717) is 17.9 Å². The maximum Gasteiger partial charge on any atom is 0.255 e. The van der Waals surface area contributed by atoms with Crippen molar-refractivity contribution in [3.63, 3.8) is 0 Å². The van der Waals surface area contributed by atoms with Crippen molar-refractivity contribution in [3.05, 3.63) is 93.5 Å². The summed E-state index contributed by atoms with van der Waals surface area (Å²) in [6, 6.07) is 21.3. The van der Waals surface area contributed by atoms with Crippen LogP contribution in [0.25, 0.3) is 0 Å². The van der Waals surface area contributed by atoms with Crippen LogP contribution >= 0.6 is 15.9 Å². The van der Waals surface area contributed by atoms with E-state index in [-0.39, 0.29) is 5.91 Å². The minimum Gasteiger partial charge on any atom is -0.488 e. The quantitative estimate of drug-likeness (QED) is 0.569. The minimum absolute atomic E-state index is 0.144. The van der Waals surface area contributed by atoms with Crippen molar-refractivity contribution in [2.24, 2.45) is 0 Å². The Morgan fingerprint density at radius 1 is 1.00 bits per heavy atom. The molecule has 0 aliphatic heterocycles. The van der Waals surface area contributed by atoms with Gasteiger partial charge >= 0.3 is 0 Å². The van der Waals surface area contributed by atoms with E-state index in [9.17, 15) is 4.79 Å². The smallest absolute Gasteiger partial charge is 0.255 e. The molecule has 0 aliphatic carbocycles. The molecule has 0 saturated carbocycles. The second kappa shape index (κ2) is 8.19. The third-order valence-electron chi connectivity index (χ3n) is 4.07. The van der Waals surface area contributed by atoms with Gasteiger partial charge in [-0.2, -0.15) is 0 Å². The van der Waals surface area contributed by atoms with Gasteiger partial charge in [0.1, 0.15) is 12.4 Å². The van der Waals surface area contributed by atoms with Crippen LogP contribution in [-0.2, 0) is 6.61 Å². The molecule has 4 heteroatoms. The highest BCUT2D eigenvalue weighted by molar-refractivity contribution is 9.10. The SMILES string of the molecule is Cc1ccc(C)c(NC(=O)c2ccc(OCc3ccccc3)c(Br)c2)c1. The van der Waals surface area contributed by atoms with Crippen LogP contribution in [0.4, 0.5) is 5.69 Å². The van der Waals surface area contributed by atoms with E-state index in [4.69, 9.17) is 4.74 Å². The maximum atomic E-state index is 12.5. The normalized spacial score (nSPS) is 10.4. The summed E-state index contributed by atoms with van der Waals surface area (Å²) in [6.07, 6.45) is 0. The predicted octanol–water partition coefficient (Wildman–Crippen LogP) is 5.90. The highest BCUT2D eigenvalue weighted by Gasteiger charge is 2.11. The van der Waals surface area contributed by atoms with Gasteiger partial charge in [-0.15, -0.1) is 0 Å². The van der Waals surface area contributed by atoms with Gasteiger partial charge in [-0.25, -0.2) is 0 Å². The second-order valence-electron chi connectivity index (χ2n) is 6.19. The van der Waals surface area contributed by atoms with Gasteiger partial charge in [0.25, 0.3) is 5.91 Å². The Morgan fingerprint density at radius 3 is 2.50 bits per heavy atom. The molecule has 0 bridgehead atoms. The van der Waals surface area contributed by atoms with Gasteiger partial charge in [0.15, 0.2) is 0 Å². The Kier molecular flexibility index (Phi) is 5.74. The molecule has 3 aromatic rings. The molecule has 0 aliphatic rings. The number of carbonyl (C=O) groups is 1. The molecular weight excluding hydrogens is 390 g/mol. The van der Waals surface area contributed by atoms with E-state index in [1.807, 2.05) is 68.4 Å².